The van der Waals surface area contributed by atoms with Crippen LogP contribution in [0.25, 0.3) is 0 Å². The molecule has 2 N–H and O–H groups in total. The lowest BCUT2D eigenvalue weighted by Crippen LogP contribution is -2.15. The second-order valence-electron chi connectivity index (χ2n) is 4.83. The molecule has 0 radical (unpaired) electrons. The fraction of sp³-hybridized carbons (Fsp3) is 0.200. The number of benzene rings is 2. The summed E-state index contributed by atoms with van der Waals surface area (Å²) >= 11 is 0. The average molecular weight is 309 g/mol. The second-order valence-corrected chi connectivity index (χ2v) is 6.48. The van der Waals surface area contributed by atoms with Gasteiger partial charge in [-0.05, 0) is 43.7 Å². The fourth-order valence-electron chi connectivity index (χ4n) is 1.91. The molecule has 0 aliphatic rings. The Bertz CT molecular complexity index is 755. The molecule has 0 aromatic heterocycles. The van der Waals surface area contributed by atoms with Crippen molar-refractivity contribution in [1.82, 2.24) is 0 Å². The quantitative estimate of drug-likeness (QED) is 0.912. The second kappa shape index (κ2) is 5.83. The summed E-state index contributed by atoms with van der Waals surface area (Å²) in [5.74, 6) is -0.661. The van der Waals surface area contributed by atoms with E-state index in [9.17, 15) is 12.8 Å². The van der Waals surface area contributed by atoms with Crippen molar-refractivity contribution in [3.05, 3.63) is 58.9 Å². The van der Waals surface area contributed by atoms with Gasteiger partial charge in [0.1, 0.15) is 5.82 Å². The van der Waals surface area contributed by atoms with Crippen LogP contribution in [0.4, 0.5) is 10.1 Å². The average Bonchev–Trinajstić information content (AvgIpc) is 2.43. The first-order valence-corrected chi connectivity index (χ1v) is 7.81. The molecule has 2 aromatic rings. The number of sulfonamides is 1. The molecule has 112 valence electrons. The highest BCUT2D eigenvalue weighted by Crippen LogP contribution is 2.23. The van der Waals surface area contributed by atoms with Crippen LogP contribution >= 0.6 is 0 Å². The number of rotatable bonds is 4. The summed E-state index contributed by atoms with van der Waals surface area (Å²) in [6.45, 7) is 2.85. The maximum absolute atomic E-state index is 13.7. The highest BCUT2D eigenvalue weighted by atomic mass is 32.2. The molecule has 0 fully saturated rings. The summed E-state index contributed by atoms with van der Waals surface area (Å²) in [6, 6.07) is 9.21. The molecule has 0 unspecified atom stereocenters. The Kier molecular flexibility index (Phi) is 4.29. The van der Waals surface area contributed by atoms with Crippen LogP contribution in [0.1, 0.15) is 16.7 Å². The molecule has 0 amide bonds. The van der Waals surface area contributed by atoms with Crippen molar-refractivity contribution in [3.63, 3.8) is 0 Å². The molecule has 0 saturated heterocycles. The molecule has 0 heterocycles. The third-order valence-electron chi connectivity index (χ3n) is 3.13. The zero-order chi connectivity index (χ0) is 15.6. The minimum Gasteiger partial charge on any atom is -0.392 e. The Morgan fingerprint density at radius 2 is 1.76 bits per heavy atom. The Balaban J connectivity index is 2.44. The van der Waals surface area contributed by atoms with Crippen LogP contribution in [-0.2, 0) is 16.6 Å². The van der Waals surface area contributed by atoms with E-state index < -0.39 is 22.4 Å². The van der Waals surface area contributed by atoms with Gasteiger partial charge in [0, 0.05) is 11.3 Å². The lowest BCUT2D eigenvalue weighted by Gasteiger charge is -2.12. The minimum absolute atomic E-state index is 0.0202. The van der Waals surface area contributed by atoms with Crippen LogP contribution in [0.2, 0.25) is 0 Å². The summed E-state index contributed by atoms with van der Waals surface area (Å²) in [5.41, 5.74) is 1.63. The van der Waals surface area contributed by atoms with E-state index in [1.807, 2.05) is 6.92 Å². The molecule has 6 heteroatoms. The zero-order valence-corrected chi connectivity index (χ0v) is 12.5. The van der Waals surface area contributed by atoms with Crippen molar-refractivity contribution in [2.75, 3.05) is 4.72 Å². The Labute approximate surface area is 123 Å². The molecular weight excluding hydrogens is 293 g/mol. The largest absolute Gasteiger partial charge is 0.392 e. The molecule has 0 aliphatic carbocycles. The van der Waals surface area contributed by atoms with E-state index in [4.69, 9.17) is 5.11 Å². The SMILES string of the molecule is Cc1ccc(NS(=O)(=O)c2cc(CO)cc(F)c2C)cc1. The van der Waals surface area contributed by atoms with Gasteiger partial charge in [0.05, 0.1) is 11.5 Å². The first-order valence-electron chi connectivity index (χ1n) is 6.33. The van der Waals surface area contributed by atoms with Gasteiger partial charge in [-0.15, -0.1) is 0 Å². The van der Waals surface area contributed by atoms with E-state index >= 15 is 0 Å². The van der Waals surface area contributed by atoms with E-state index in [-0.39, 0.29) is 16.0 Å². The predicted octanol–water partition coefficient (Wildman–Crippen LogP) is 2.74. The molecule has 0 aliphatic heterocycles. The van der Waals surface area contributed by atoms with Gasteiger partial charge in [-0.25, -0.2) is 12.8 Å². The first-order chi connectivity index (χ1) is 9.83. The molecule has 0 saturated carbocycles. The third kappa shape index (κ3) is 3.40. The third-order valence-corrected chi connectivity index (χ3v) is 4.64. The van der Waals surface area contributed by atoms with Crippen LogP contribution in [0.15, 0.2) is 41.3 Å². The van der Waals surface area contributed by atoms with E-state index in [1.54, 1.807) is 24.3 Å². The molecule has 0 atom stereocenters. The number of nitrogens with one attached hydrogen (secondary N) is 1. The lowest BCUT2D eigenvalue weighted by molar-refractivity contribution is 0.281. The molecule has 4 nitrogen and oxygen atoms in total. The van der Waals surface area contributed by atoms with Gasteiger partial charge in [-0.2, -0.15) is 0 Å². The number of aryl methyl sites for hydroxylation is 1. The maximum atomic E-state index is 13.7. The van der Waals surface area contributed by atoms with E-state index in [1.165, 1.54) is 13.0 Å². The maximum Gasteiger partial charge on any atom is 0.262 e. The molecule has 2 rings (SSSR count). The number of anilines is 1. The lowest BCUT2D eigenvalue weighted by atomic mass is 10.1. The normalized spacial score (nSPS) is 11.4. The van der Waals surface area contributed by atoms with Gasteiger partial charge in [-0.1, -0.05) is 17.7 Å². The van der Waals surface area contributed by atoms with Gasteiger partial charge in [-0.3, -0.25) is 4.72 Å². The number of aliphatic hydroxyl groups is 1. The molecule has 0 spiro atoms. The molecule has 0 bridgehead atoms. The number of hydrogen-bond acceptors (Lipinski definition) is 3. The van der Waals surface area contributed by atoms with Gasteiger partial charge in [0.25, 0.3) is 10.0 Å². The van der Waals surface area contributed by atoms with Crippen LogP contribution in [0, 0.1) is 19.7 Å². The van der Waals surface area contributed by atoms with Crippen molar-refractivity contribution in [2.24, 2.45) is 0 Å². The fourth-order valence-corrected chi connectivity index (χ4v) is 3.27. The van der Waals surface area contributed by atoms with Gasteiger partial charge in [0.2, 0.25) is 0 Å². The van der Waals surface area contributed by atoms with Gasteiger partial charge >= 0.3 is 0 Å². The highest BCUT2D eigenvalue weighted by Gasteiger charge is 2.20. The summed E-state index contributed by atoms with van der Waals surface area (Å²) in [7, 11) is -3.91. The summed E-state index contributed by atoms with van der Waals surface area (Å²) in [4.78, 5) is -0.174. The number of hydrogen-bond donors (Lipinski definition) is 2. The van der Waals surface area contributed by atoms with Gasteiger partial charge < -0.3 is 5.11 Å². The predicted molar refractivity (Wildman–Crippen MR) is 79.0 cm³/mol. The van der Waals surface area contributed by atoms with Crippen molar-refractivity contribution in [3.8, 4) is 0 Å². The van der Waals surface area contributed by atoms with E-state index in [2.05, 4.69) is 4.72 Å². The van der Waals surface area contributed by atoms with Crippen molar-refractivity contribution < 1.29 is 17.9 Å². The smallest absolute Gasteiger partial charge is 0.262 e. The van der Waals surface area contributed by atoms with Crippen LogP contribution in [-0.4, -0.2) is 13.5 Å². The summed E-state index contributed by atoms with van der Waals surface area (Å²) < 4.78 is 40.9. The Morgan fingerprint density at radius 1 is 1.14 bits per heavy atom. The number of halogens is 1. The Morgan fingerprint density at radius 3 is 2.33 bits per heavy atom. The highest BCUT2D eigenvalue weighted by molar-refractivity contribution is 7.92. The first kappa shape index (κ1) is 15.5. The van der Waals surface area contributed by atoms with E-state index in [0.717, 1.165) is 11.6 Å². The van der Waals surface area contributed by atoms with Crippen molar-refractivity contribution in [1.29, 1.82) is 0 Å². The standard InChI is InChI=1S/C15H16FNO3S/c1-10-3-5-13(6-4-10)17-21(19,20)15-8-12(9-18)7-14(16)11(15)2/h3-8,17-18H,9H2,1-2H3. The molecular formula is C15H16FNO3S. The van der Waals surface area contributed by atoms with Crippen LogP contribution < -0.4 is 4.72 Å². The molecule has 21 heavy (non-hydrogen) atoms. The van der Waals surface area contributed by atoms with Crippen LogP contribution in [0.3, 0.4) is 0 Å². The summed E-state index contributed by atoms with van der Waals surface area (Å²) in [6.07, 6.45) is 0. The van der Waals surface area contributed by atoms with Crippen molar-refractivity contribution >= 4 is 15.7 Å². The Hall–Kier alpha value is -1.92. The minimum atomic E-state index is -3.91. The topological polar surface area (TPSA) is 66.4 Å². The van der Waals surface area contributed by atoms with Crippen molar-refractivity contribution in [2.45, 2.75) is 25.3 Å². The number of aliphatic hydroxyl groups excluding tert-OH is 1. The molecule has 2 aromatic carbocycles. The van der Waals surface area contributed by atoms with Gasteiger partial charge in [0.15, 0.2) is 0 Å². The summed E-state index contributed by atoms with van der Waals surface area (Å²) in [5, 5.41) is 9.08. The van der Waals surface area contributed by atoms with Crippen LogP contribution in [0.5, 0.6) is 0 Å². The zero-order valence-electron chi connectivity index (χ0n) is 11.7. The van der Waals surface area contributed by atoms with E-state index in [0.29, 0.717) is 5.69 Å². The monoisotopic (exact) mass is 309 g/mol.